The fourth-order valence-electron chi connectivity index (χ4n) is 5.47. The minimum atomic E-state index is -3.92. The average molecular weight is 662 g/mol. The van der Waals surface area contributed by atoms with Crippen LogP contribution in [0.1, 0.15) is 36.1 Å². The van der Waals surface area contributed by atoms with Crippen LogP contribution in [0.25, 0.3) is 11.2 Å². The zero-order valence-corrected chi connectivity index (χ0v) is 25.3. The van der Waals surface area contributed by atoms with Crippen molar-refractivity contribution >= 4 is 54.6 Å². The zero-order valence-electron chi connectivity index (χ0n) is 21.8. The number of thiol groups is 1. The third-order valence-electron chi connectivity index (χ3n) is 7.70. The van der Waals surface area contributed by atoms with E-state index in [1.807, 2.05) is 4.57 Å². The zero-order chi connectivity index (χ0) is 29.8. The van der Waals surface area contributed by atoms with Crippen molar-refractivity contribution in [1.82, 2.24) is 24.5 Å². The van der Waals surface area contributed by atoms with E-state index in [4.69, 9.17) is 46.1 Å². The first-order chi connectivity index (χ1) is 19.9. The molecular formula is C22H29N7O9P2S2. The van der Waals surface area contributed by atoms with Crippen molar-refractivity contribution in [3.63, 3.8) is 0 Å². The van der Waals surface area contributed by atoms with Crippen LogP contribution in [-0.2, 0) is 39.2 Å². The van der Waals surface area contributed by atoms with Crippen molar-refractivity contribution in [3.8, 4) is 0 Å². The Morgan fingerprint density at radius 1 is 1.17 bits per heavy atom. The number of aliphatic hydroxyl groups is 2. The SMILES string of the molecule is Nc1ncnc2c1ncn2[C@@H]1C[C@@H]2COP(O)(=S)O[C@@H]3[C@H](O)[C@@H](COP(=O)(S)OC[C@H]21)O[C@H]3c1ccnc(C(N)O)c1. The van der Waals surface area contributed by atoms with Gasteiger partial charge in [-0.3, -0.25) is 14.0 Å². The van der Waals surface area contributed by atoms with Gasteiger partial charge in [-0.2, -0.15) is 0 Å². The summed E-state index contributed by atoms with van der Waals surface area (Å²) in [7, 11) is 0. The van der Waals surface area contributed by atoms with Gasteiger partial charge in [0.1, 0.15) is 42.5 Å². The number of fused-ring (bicyclic) bond motifs is 4. The molecule has 0 aromatic carbocycles. The maximum Gasteiger partial charge on any atom is 0.386 e. The number of ether oxygens (including phenoxy) is 1. The molecule has 16 nitrogen and oxygen atoms in total. The number of nitrogens with two attached hydrogens (primary N) is 2. The second-order valence-corrected chi connectivity index (χ2v) is 16.0. The smallest absolute Gasteiger partial charge is 0.386 e. The Morgan fingerprint density at radius 3 is 2.74 bits per heavy atom. The monoisotopic (exact) mass is 661 g/mol. The summed E-state index contributed by atoms with van der Waals surface area (Å²) < 4.78 is 43.8. The highest BCUT2D eigenvalue weighted by Crippen LogP contribution is 2.58. The van der Waals surface area contributed by atoms with E-state index in [0.29, 0.717) is 23.1 Å². The van der Waals surface area contributed by atoms with Gasteiger partial charge in [0.15, 0.2) is 11.5 Å². The highest BCUT2D eigenvalue weighted by molar-refractivity contribution is 8.44. The van der Waals surface area contributed by atoms with Crippen LogP contribution in [0.15, 0.2) is 31.0 Å². The van der Waals surface area contributed by atoms with Gasteiger partial charge in [-0.1, -0.05) is 12.2 Å². The number of hydrogen-bond acceptors (Lipinski definition) is 15. The van der Waals surface area contributed by atoms with Crippen LogP contribution < -0.4 is 11.5 Å². The minimum absolute atomic E-state index is 0.0175. The number of imidazole rings is 1. The molecule has 2 bridgehead atoms. The van der Waals surface area contributed by atoms with Crippen molar-refractivity contribution in [3.05, 3.63) is 42.2 Å². The van der Waals surface area contributed by atoms with Crippen LogP contribution in [0, 0.1) is 11.8 Å². The van der Waals surface area contributed by atoms with E-state index in [1.54, 1.807) is 12.4 Å². The summed E-state index contributed by atoms with van der Waals surface area (Å²) in [6.07, 6.45) is -1.13. The molecule has 7 N–H and O–H groups in total. The number of rotatable bonds is 3. The summed E-state index contributed by atoms with van der Waals surface area (Å²) in [5.41, 5.74) is 13.1. The molecule has 0 radical (unpaired) electrons. The van der Waals surface area contributed by atoms with E-state index < -0.39 is 44.2 Å². The van der Waals surface area contributed by atoms with Crippen LogP contribution in [0.3, 0.4) is 0 Å². The number of pyridine rings is 1. The number of hydrogen-bond donors (Lipinski definition) is 6. The summed E-state index contributed by atoms with van der Waals surface area (Å²) in [6, 6.07) is 2.85. The molecule has 10 atom stereocenters. The first-order valence-electron chi connectivity index (χ1n) is 12.9. The second kappa shape index (κ2) is 11.7. The Morgan fingerprint density at radius 2 is 1.95 bits per heavy atom. The quantitative estimate of drug-likeness (QED) is 0.131. The maximum atomic E-state index is 13.2. The molecule has 3 unspecified atom stereocenters. The molecule has 0 spiro atoms. The lowest BCUT2D eigenvalue weighted by molar-refractivity contribution is -0.0246. The van der Waals surface area contributed by atoms with Crippen LogP contribution >= 0.6 is 25.8 Å². The molecule has 42 heavy (non-hydrogen) atoms. The molecule has 2 saturated heterocycles. The molecular weight excluding hydrogens is 632 g/mol. The lowest BCUT2D eigenvalue weighted by Gasteiger charge is -2.45. The van der Waals surface area contributed by atoms with E-state index in [1.165, 1.54) is 18.6 Å². The number of aromatic nitrogens is 5. The van der Waals surface area contributed by atoms with Crippen LogP contribution in [-0.4, -0.2) is 77.7 Å². The predicted molar refractivity (Wildman–Crippen MR) is 153 cm³/mol. The Labute approximate surface area is 249 Å². The van der Waals surface area contributed by atoms with Gasteiger partial charge in [0, 0.05) is 18.2 Å². The second-order valence-electron chi connectivity index (χ2n) is 10.2. The standard InChI is InChI=1S/C22H29N7O9P2S2/c23-20-16-22(27-8-26-20)29(9-28-16)14-4-11-5-34-40(33,42)38-19-17(30)15(7-36-39(32,41)35-6-12(11)14)37-18(19)10-1-2-25-13(3-10)21(24)31/h1-3,8-9,11-12,14-15,17-19,21,30-31H,4-7,24H2,(H,32,41)(H,33,42)(H2,23,26,27)/t11-,12-,14-,15-,17-,18+,19-,21?,39?,40?/m1/s1. The van der Waals surface area contributed by atoms with Crippen LogP contribution in [0.4, 0.5) is 5.82 Å². The van der Waals surface area contributed by atoms with Crippen LogP contribution in [0.2, 0.25) is 0 Å². The molecule has 5 heterocycles. The topological polar surface area (TPSA) is 232 Å². The molecule has 0 amide bonds. The number of anilines is 1. The van der Waals surface area contributed by atoms with Gasteiger partial charge in [-0.05, 0) is 41.8 Å². The molecule has 3 aliphatic rings. The number of nitrogen functional groups attached to an aromatic ring is 1. The van der Waals surface area contributed by atoms with Crippen molar-refractivity contribution in [2.45, 2.75) is 43.1 Å². The molecule has 3 fully saturated rings. The fraction of sp³-hybridized carbons (Fsp3) is 0.545. The normalized spacial score (nSPS) is 38.4. The Kier molecular flexibility index (Phi) is 8.47. The largest absolute Gasteiger partial charge is 0.387 e. The van der Waals surface area contributed by atoms with Gasteiger partial charge in [-0.15, -0.1) is 0 Å². The highest BCUT2D eigenvalue weighted by Gasteiger charge is 2.50. The van der Waals surface area contributed by atoms with E-state index >= 15 is 0 Å². The summed E-state index contributed by atoms with van der Waals surface area (Å²) >= 11 is 9.46. The Hall–Kier alpha value is -1.63. The van der Waals surface area contributed by atoms with E-state index in [0.717, 1.165) is 0 Å². The highest BCUT2D eigenvalue weighted by atomic mass is 32.7. The molecule has 2 aliphatic heterocycles. The number of aliphatic hydroxyl groups excluding tert-OH is 2. The molecule has 3 aromatic heterocycles. The molecule has 3 aromatic rings. The van der Waals surface area contributed by atoms with Crippen LogP contribution in [0.5, 0.6) is 0 Å². The summed E-state index contributed by atoms with van der Waals surface area (Å²) in [4.78, 5) is 27.7. The molecule has 1 saturated carbocycles. The van der Waals surface area contributed by atoms with E-state index in [9.17, 15) is 19.7 Å². The van der Waals surface area contributed by atoms with Gasteiger partial charge in [0.05, 0.1) is 31.8 Å². The Balaban J connectivity index is 1.27. The third kappa shape index (κ3) is 6.02. The Bertz CT molecular complexity index is 1570. The van der Waals surface area contributed by atoms with E-state index in [-0.39, 0.29) is 49.2 Å². The molecule has 6 rings (SSSR count). The number of nitrogens with zero attached hydrogens (tertiary/aromatic N) is 5. The van der Waals surface area contributed by atoms with E-state index in [2.05, 4.69) is 32.2 Å². The first kappa shape index (κ1) is 30.4. The van der Waals surface area contributed by atoms with Crippen molar-refractivity contribution in [2.24, 2.45) is 17.6 Å². The molecule has 228 valence electrons. The summed E-state index contributed by atoms with van der Waals surface area (Å²) in [5, 5.41) is 20.9. The summed E-state index contributed by atoms with van der Waals surface area (Å²) in [6.45, 7) is -8.29. The van der Waals surface area contributed by atoms with Crippen molar-refractivity contribution < 1.29 is 42.5 Å². The first-order valence-corrected chi connectivity index (χ1v) is 18.1. The van der Waals surface area contributed by atoms with Gasteiger partial charge >= 0.3 is 13.5 Å². The molecule has 20 heteroatoms. The average Bonchev–Trinajstić information content (AvgIpc) is 3.48. The fourth-order valence-corrected chi connectivity index (χ4v) is 8.11. The van der Waals surface area contributed by atoms with Crippen molar-refractivity contribution in [2.75, 3.05) is 25.6 Å². The lowest BCUT2D eigenvalue weighted by Crippen LogP contribution is -2.43. The van der Waals surface area contributed by atoms with Gasteiger partial charge in [0.25, 0.3) is 0 Å². The van der Waals surface area contributed by atoms with Gasteiger partial charge in [0.2, 0.25) is 0 Å². The summed E-state index contributed by atoms with van der Waals surface area (Å²) in [5.74, 6) is -0.251. The lowest BCUT2D eigenvalue weighted by atomic mass is 9.70. The molecule has 1 aliphatic carbocycles. The van der Waals surface area contributed by atoms with Gasteiger partial charge < -0.3 is 44.9 Å². The van der Waals surface area contributed by atoms with Gasteiger partial charge in [-0.25, -0.2) is 19.5 Å². The van der Waals surface area contributed by atoms with Crippen molar-refractivity contribution in [1.29, 1.82) is 0 Å². The maximum absolute atomic E-state index is 13.2. The third-order valence-corrected chi connectivity index (χ3v) is 10.9. The minimum Gasteiger partial charge on any atom is -0.387 e. The predicted octanol–water partition coefficient (Wildman–Crippen LogP) is 1.13.